The highest BCUT2D eigenvalue weighted by atomic mass is 16.2. The van der Waals surface area contributed by atoms with Crippen molar-refractivity contribution in [2.75, 3.05) is 13.1 Å². The topological polar surface area (TPSA) is 44.1 Å². The maximum absolute atomic E-state index is 12.1. The number of hydrogen-bond donors (Lipinski definition) is 0. The van der Waals surface area contributed by atoms with E-state index in [1.807, 2.05) is 29.2 Å². The third-order valence-corrected chi connectivity index (χ3v) is 2.83. The molecule has 1 saturated heterocycles. The molecule has 3 heteroatoms. The summed E-state index contributed by atoms with van der Waals surface area (Å²) in [5, 5.41) is 0. The van der Waals surface area contributed by atoms with Crippen molar-refractivity contribution in [1.82, 2.24) is 10.6 Å². The number of rotatable bonds is 2. The predicted octanol–water partition coefficient (Wildman–Crippen LogP) is 1.71. The van der Waals surface area contributed by atoms with Crippen molar-refractivity contribution < 1.29 is 4.79 Å². The summed E-state index contributed by atoms with van der Waals surface area (Å²) in [6.07, 6.45) is 2.21. The third kappa shape index (κ3) is 2.02. The number of carbonyl (C=O) groups is 1. The molecule has 1 amide bonds. The number of amides is 1. The average molecular weight is 203 g/mol. The first-order chi connectivity index (χ1) is 7.33. The Morgan fingerprint density at radius 2 is 1.93 bits per heavy atom. The molecule has 1 heterocycles. The van der Waals surface area contributed by atoms with Crippen LogP contribution in [0.3, 0.4) is 0 Å². The van der Waals surface area contributed by atoms with E-state index in [9.17, 15) is 4.79 Å². The maximum atomic E-state index is 12.1. The van der Waals surface area contributed by atoms with Gasteiger partial charge in [0.15, 0.2) is 0 Å². The van der Waals surface area contributed by atoms with Crippen LogP contribution in [0.25, 0.3) is 0 Å². The van der Waals surface area contributed by atoms with Gasteiger partial charge >= 0.3 is 0 Å². The summed E-state index contributed by atoms with van der Waals surface area (Å²) in [6.45, 7) is 1.91. The summed E-state index contributed by atoms with van der Waals surface area (Å²) >= 11 is 0. The SMILES string of the molecule is [NH]Cc1ccccc1C(=O)N1CCCC1. The fourth-order valence-corrected chi connectivity index (χ4v) is 1.97. The predicted molar refractivity (Wildman–Crippen MR) is 58.4 cm³/mol. The van der Waals surface area contributed by atoms with Crippen molar-refractivity contribution in [1.29, 1.82) is 0 Å². The molecule has 2 rings (SSSR count). The molecule has 1 aromatic rings. The molecule has 15 heavy (non-hydrogen) atoms. The minimum atomic E-state index is 0.0929. The highest BCUT2D eigenvalue weighted by molar-refractivity contribution is 5.95. The van der Waals surface area contributed by atoms with Crippen LogP contribution in [0.2, 0.25) is 0 Å². The average Bonchev–Trinajstić information content (AvgIpc) is 2.81. The lowest BCUT2D eigenvalue weighted by Crippen LogP contribution is -2.28. The second-order valence-corrected chi connectivity index (χ2v) is 3.83. The summed E-state index contributed by atoms with van der Waals surface area (Å²) in [4.78, 5) is 14.0. The summed E-state index contributed by atoms with van der Waals surface area (Å²) < 4.78 is 0. The normalized spacial score (nSPS) is 15.7. The number of hydrogen-bond acceptors (Lipinski definition) is 1. The number of nitrogens with one attached hydrogen (secondary N) is 1. The lowest BCUT2D eigenvalue weighted by Gasteiger charge is -2.16. The third-order valence-electron chi connectivity index (χ3n) is 2.83. The van der Waals surface area contributed by atoms with Crippen molar-refractivity contribution in [3.8, 4) is 0 Å². The molecular formula is C12H15N2O. The fourth-order valence-electron chi connectivity index (χ4n) is 1.97. The van der Waals surface area contributed by atoms with Crippen LogP contribution >= 0.6 is 0 Å². The highest BCUT2D eigenvalue weighted by Gasteiger charge is 2.20. The number of likely N-dealkylation sites (tertiary alicyclic amines) is 1. The molecule has 0 unspecified atom stereocenters. The minimum Gasteiger partial charge on any atom is -0.339 e. The molecule has 0 aromatic heterocycles. The summed E-state index contributed by atoms with van der Waals surface area (Å²) in [7, 11) is 0. The van der Waals surface area contributed by atoms with Gasteiger partial charge in [-0.1, -0.05) is 18.2 Å². The van der Waals surface area contributed by atoms with E-state index >= 15 is 0 Å². The molecule has 79 valence electrons. The summed E-state index contributed by atoms with van der Waals surface area (Å²) in [5.41, 5.74) is 8.91. The van der Waals surface area contributed by atoms with Crippen molar-refractivity contribution in [2.45, 2.75) is 19.4 Å². The molecule has 0 saturated carbocycles. The molecule has 1 N–H and O–H groups in total. The Hall–Kier alpha value is -1.35. The number of carbonyl (C=O) groups excluding carboxylic acids is 1. The van der Waals surface area contributed by atoms with E-state index in [1.54, 1.807) is 0 Å². The molecule has 1 radical (unpaired) electrons. The van der Waals surface area contributed by atoms with E-state index in [0.717, 1.165) is 31.5 Å². The Labute approximate surface area is 89.9 Å². The van der Waals surface area contributed by atoms with Gasteiger partial charge < -0.3 is 4.90 Å². The number of benzene rings is 1. The lowest BCUT2D eigenvalue weighted by atomic mass is 10.1. The van der Waals surface area contributed by atoms with Crippen molar-refractivity contribution in [2.24, 2.45) is 0 Å². The molecule has 0 bridgehead atoms. The fraction of sp³-hybridized carbons (Fsp3) is 0.417. The van der Waals surface area contributed by atoms with Gasteiger partial charge in [0, 0.05) is 25.2 Å². The molecule has 0 aliphatic carbocycles. The van der Waals surface area contributed by atoms with E-state index in [-0.39, 0.29) is 12.5 Å². The zero-order chi connectivity index (χ0) is 10.7. The van der Waals surface area contributed by atoms with Gasteiger partial charge in [-0.25, -0.2) is 0 Å². The molecule has 3 nitrogen and oxygen atoms in total. The zero-order valence-electron chi connectivity index (χ0n) is 8.70. The largest absolute Gasteiger partial charge is 0.339 e. The van der Waals surface area contributed by atoms with Crippen molar-refractivity contribution in [3.63, 3.8) is 0 Å². The Kier molecular flexibility index (Phi) is 3.02. The van der Waals surface area contributed by atoms with E-state index in [2.05, 4.69) is 0 Å². The van der Waals surface area contributed by atoms with Crippen LogP contribution in [-0.4, -0.2) is 23.9 Å². The molecule has 0 spiro atoms. The second-order valence-electron chi connectivity index (χ2n) is 3.83. The van der Waals surface area contributed by atoms with E-state index < -0.39 is 0 Å². The first-order valence-electron chi connectivity index (χ1n) is 5.34. The van der Waals surface area contributed by atoms with Gasteiger partial charge in [-0.15, -0.1) is 0 Å². The van der Waals surface area contributed by atoms with Gasteiger partial charge in [0.25, 0.3) is 5.91 Å². The van der Waals surface area contributed by atoms with Crippen LogP contribution in [-0.2, 0) is 6.54 Å². The molecule has 1 aromatic carbocycles. The second kappa shape index (κ2) is 4.45. The Morgan fingerprint density at radius 1 is 1.27 bits per heavy atom. The van der Waals surface area contributed by atoms with Crippen LogP contribution in [0.15, 0.2) is 24.3 Å². The maximum Gasteiger partial charge on any atom is 0.254 e. The standard InChI is InChI=1S/C12H15N2O/c13-9-10-5-1-2-6-11(10)12(15)14-7-3-4-8-14/h1-2,5-6,13H,3-4,7-9H2. The first kappa shape index (κ1) is 10.2. The van der Waals surface area contributed by atoms with Gasteiger partial charge in [-0.3, -0.25) is 10.5 Å². The quantitative estimate of drug-likeness (QED) is 0.721. The van der Waals surface area contributed by atoms with Crippen molar-refractivity contribution >= 4 is 5.91 Å². The monoisotopic (exact) mass is 203 g/mol. The van der Waals surface area contributed by atoms with Gasteiger partial charge in [0.2, 0.25) is 0 Å². The molecule has 1 aliphatic heterocycles. The highest BCUT2D eigenvalue weighted by Crippen LogP contribution is 2.15. The van der Waals surface area contributed by atoms with Gasteiger partial charge in [-0.05, 0) is 24.5 Å². The summed E-state index contributed by atoms with van der Waals surface area (Å²) in [6, 6.07) is 7.42. The lowest BCUT2D eigenvalue weighted by molar-refractivity contribution is 0.0791. The van der Waals surface area contributed by atoms with Crippen LogP contribution in [0, 0.1) is 0 Å². The molecular weight excluding hydrogens is 188 g/mol. The van der Waals surface area contributed by atoms with E-state index in [0.29, 0.717) is 5.56 Å². The summed E-state index contributed by atoms with van der Waals surface area (Å²) in [5.74, 6) is 0.0929. The Bertz CT molecular complexity index is 356. The van der Waals surface area contributed by atoms with E-state index in [1.165, 1.54) is 0 Å². The minimum absolute atomic E-state index is 0.0929. The van der Waals surface area contributed by atoms with E-state index in [4.69, 9.17) is 5.73 Å². The first-order valence-corrected chi connectivity index (χ1v) is 5.34. The number of nitrogens with zero attached hydrogens (tertiary/aromatic N) is 1. The van der Waals surface area contributed by atoms with Crippen molar-refractivity contribution in [3.05, 3.63) is 35.4 Å². The molecule has 1 fully saturated rings. The van der Waals surface area contributed by atoms with Crippen LogP contribution in [0.1, 0.15) is 28.8 Å². The molecule has 1 aliphatic rings. The van der Waals surface area contributed by atoms with Crippen LogP contribution < -0.4 is 5.73 Å². The van der Waals surface area contributed by atoms with Crippen LogP contribution in [0.5, 0.6) is 0 Å². The molecule has 0 atom stereocenters. The zero-order valence-corrected chi connectivity index (χ0v) is 8.70. The van der Waals surface area contributed by atoms with Gasteiger partial charge in [0.05, 0.1) is 0 Å². The Morgan fingerprint density at radius 3 is 2.60 bits per heavy atom. The van der Waals surface area contributed by atoms with Gasteiger partial charge in [-0.2, -0.15) is 0 Å². The van der Waals surface area contributed by atoms with Crippen LogP contribution in [0.4, 0.5) is 0 Å². The smallest absolute Gasteiger partial charge is 0.254 e. The Balaban J connectivity index is 2.24. The van der Waals surface area contributed by atoms with Gasteiger partial charge in [0.1, 0.15) is 0 Å².